The van der Waals surface area contributed by atoms with Crippen molar-refractivity contribution < 1.29 is 0 Å². The Hall–Kier alpha value is 1.62. The van der Waals surface area contributed by atoms with Gasteiger partial charge in [0.05, 0.1) is 0 Å². The van der Waals surface area contributed by atoms with E-state index in [0.29, 0.717) is 0 Å². The molecule has 0 aliphatic heterocycles. The highest BCUT2D eigenvalue weighted by Gasteiger charge is 2.13. The largest absolute Gasteiger partial charge is 0.0442 e. The van der Waals surface area contributed by atoms with Crippen molar-refractivity contribution in [2.75, 3.05) is 0 Å². The zero-order chi connectivity index (χ0) is 12.0. The summed E-state index contributed by atoms with van der Waals surface area (Å²) in [6, 6.07) is 4.56. The Kier molecular flexibility index (Phi) is 4.66. The monoisotopic (exact) mass is 660 g/mol. The lowest BCUT2D eigenvalue weighted by Crippen LogP contribution is -1.95. The lowest BCUT2D eigenvalue weighted by Gasteiger charge is -2.13. The van der Waals surface area contributed by atoms with Gasteiger partial charge >= 0.3 is 0 Å². The highest BCUT2D eigenvalue weighted by molar-refractivity contribution is 14.1. The lowest BCUT2D eigenvalue weighted by molar-refractivity contribution is 1.40. The zero-order valence-electron chi connectivity index (χ0n) is 8.67. The maximum absolute atomic E-state index is 2.46. The molecule has 0 saturated heterocycles. The molecule has 0 atom stereocenters. The molecule has 0 nitrogen and oxygen atoms in total. The van der Waals surface area contributed by atoms with Crippen LogP contribution in [0, 0.1) is 28.1 Å². The number of rotatable bonds is 0. The van der Waals surface area contributed by atoms with E-state index in [2.05, 4.69) is 116 Å². The summed E-state index contributed by atoms with van der Waals surface area (Å²) in [7, 11) is 0. The molecular formula is C12H8I4. The van der Waals surface area contributed by atoms with Gasteiger partial charge in [0.15, 0.2) is 0 Å². The van der Waals surface area contributed by atoms with Gasteiger partial charge in [-0.25, -0.2) is 0 Å². The van der Waals surface area contributed by atoms with E-state index < -0.39 is 0 Å². The van der Waals surface area contributed by atoms with Crippen LogP contribution in [0.1, 0.15) is 11.1 Å². The van der Waals surface area contributed by atoms with Crippen molar-refractivity contribution in [3.05, 3.63) is 37.5 Å². The van der Waals surface area contributed by atoms with Gasteiger partial charge in [-0.1, -0.05) is 0 Å². The number of hydrogen-bond donors (Lipinski definition) is 0. The van der Waals surface area contributed by atoms with Gasteiger partial charge in [-0.05, 0) is 127 Å². The van der Waals surface area contributed by atoms with Gasteiger partial charge in [0.1, 0.15) is 0 Å². The first-order chi connectivity index (χ1) is 7.43. The smallest absolute Gasteiger partial charge is 0.0249 e. The lowest BCUT2D eigenvalue weighted by atomic mass is 10.1. The Morgan fingerprint density at radius 1 is 0.688 bits per heavy atom. The number of hydrogen-bond acceptors (Lipinski definition) is 0. The molecule has 0 aromatic heterocycles. The van der Waals surface area contributed by atoms with Gasteiger partial charge in [0, 0.05) is 25.1 Å². The molecule has 84 valence electrons. The van der Waals surface area contributed by atoms with Crippen LogP contribution in [0.5, 0.6) is 0 Å². The maximum atomic E-state index is 2.46. The minimum absolute atomic E-state index is 1.36. The molecule has 0 spiro atoms. The third kappa shape index (κ3) is 2.36. The molecule has 16 heavy (non-hydrogen) atoms. The van der Waals surface area contributed by atoms with Crippen LogP contribution in [0.4, 0.5) is 0 Å². The summed E-state index contributed by atoms with van der Waals surface area (Å²) in [6.45, 7) is 4.37. The molecule has 0 N–H and O–H groups in total. The molecule has 0 amide bonds. The molecule has 0 saturated carbocycles. The molecule has 2 aromatic rings. The Bertz CT molecular complexity index is 534. The Morgan fingerprint density at radius 2 is 1.00 bits per heavy atom. The predicted molar refractivity (Wildman–Crippen MR) is 104 cm³/mol. The van der Waals surface area contributed by atoms with Crippen molar-refractivity contribution in [2.45, 2.75) is 13.8 Å². The first-order valence-corrected chi connectivity index (χ1v) is 8.98. The highest BCUT2D eigenvalue weighted by Crippen LogP contribution is 2.36. The molecular weight excluding hydrogens is 652 g/mol. The van der Waals surface area contributed by atoms with Crippen LogP contribution in [0.15, 0.2) is 12.1 Å². The van der Waals surface area contributed by atoms with Crippen LogP contribution in [-0.4, -0.2) is 0 Å². The fraction of sp³-hybridized carbons (Fsp3) is 0.167. The molecule has 0 fully saturated rings. The van der Waals surface area contributed by atoms with Crippen molar-refractivity contribution in [1.82, 2.24) is 0 Å². The fourth-order valence-corrected chi connectivity index (χ4v) is 6.19. The molecule has 0 bridgehead atoms. The van der Waals surface area contributed by atoms with Gasteiger partial charge in [0.2, 0.25) is 0 Å². The van der Waals surface area contributed by atoms with Crippen molar-refractivity contribution in [3.63, 3.8) is 0 Å². The summed E-state index contributed by atoms with van der Waals surface area (Å²) in [5.41, 5.74) is 2.74. The number of benzene rings is 2. The van der Waals surface area contributed by atoms with Gasteiger partial charge in [-0.2, -0.15) is 0 Å². The van der Waals surface area contributed by atoms with E-state index in [4.69, 9.17) is 0 Å². The molecule has 0 unspecified atom stereocenters. The van der Waals surface area contributed by atoms with E-state index in [1.54, 1.807) is 0 Å². The first kappa shape index (κ1) is 14.0. The minimum Gasteiger partial charge on any atom is -0.0442 e. The van der Waals surface area contributed by atoms with Crippen LogP contribution < -0.4 is 0 Å². The zero-order valence-corrected chi connectivity index (χ0v) is 17.3. The summed E-state index contributed by atoms with van der Waals surface area (Å²) >= 11 is 9.82. The summed E-state index contributed by atoms with van der Waals surface area (Å²) < 4.78 is 5.48. The molecule has 0 radical (unpaired) electrons. The van der Waals surface area contributed by atoms with E-state index in [0.717, 1.165) is 0 Å². The second kappa shape index (κ2) is 5.32. The molecule has 4 heteroatoms. The van der Waals surface area contributed by atoms with E-state index in [1.807, 2.05) is 0 Å². The van der Waals surface area contributed by atoms with E-state index in [9.17, 15) is 0 Å². The number of halogens is 4. The van der Waals surface area contributed by atoms with Crippen molar-refractivity contribution in [1.29, 1.82) is 0 Å². The summed E-state index contributed by atoms with van der Waals surface area (Å²) in [5, 5.41) is 2.83. The van der Waals surface area contributed by atoms with Gasteiger partial charge in [-0.3, -0.25) is 0 Å². The average Bonchev–Trinajstić information content (AvgIpc) is 2.20. The number of fused-ring (bicyclic) bond motifs is 1. The Morgan fingerprint density at radius 3 is 1.31 bits per heavy atom. The SMILES string of the molecule is Cc1cc(I)c2c(I)c(C)cc(I)c2c1I. The first-order valence-electron chi connectivity index (χ1n) is 4.66. The highest BCUT2D eigenvalue weighted by atomic mass is 127. The van der Waals surface area contributed by atoms with Crippen molar-refractivity contribution >= 4 is 101 Å². The predicted octanol–water partition coefficient (Wildman–Crippen LogP) is 5.88. The minimum atomic E-state index is 1.36. The van der Waals surface area contributed by atoms with Crippen molar-refractivity contribution in [3.8, 4) is 0 Å². The van der Waals surface area contributed by atoms with E-state index in [1.165, 1.54) is 36.2 Å². The summed E-state index contributed by atoms with van der Waals surface area (Å²) in [6.07, 6.45) is 0. The van der Waals surface area contributed by atoms with Crippen LogP contribution in [-0.2, 0) is 0 Å². The standard InChI is InChI=1S/C12H8I4/c1-5-3-7(13)10-9(11(5)15)8(14)4-6(2)12(10)16/h3-4H,1-2H3. The Balaban J connectivity index is 3.11. The fourth-order valence-electron chi connectivity index (χ4n) is 1.71. The number of aryl methyl sites for hydroxylation is 2. The molecule has 0 aliphatic rings. The van der Waals surface area contributed by atoms with E-state index >= 15 is 0 Å². The van der Waals surface area contributed by atoms with Crippen LogP contribution in [0.3, 0.4) is 0 Å². The van der Waals surface area contributed by atoms with Crippen LogP contribution in [0.25, 0.3) is 10.8 Å². The molecule has 0 heterocycles. The second-order valence-corrected chi connectivity index (χ2v) is 8.21. The molecule has 0 aliphatic carbocycles. The Labute approximate surface area is 150 Å². The second-order valence-electron chi connectivity index (χ2n) is 3.73. The normalized spacial score (nSPS) is 11.1. The topological polar surface area (TPSA) is 0 Å². The van der Waals surface area contributed by atoms with Gasteiger partial charge in [0.25, 0.3) is 0 Å². The third-order valence-corrected chi connectivity index (χ3v) is 7.03. The van der Waals surface area contributed by atoms with Crippen LogP contribution >= 0.6 is 90.4 Å². The van der Waals surface area contributed by atoms with E-state index in [-0.39, 0.29) is 0 Å². The van der Waals surface area contributed by atoms with Gasteiger partial charge in [-0.15, -0.1) is 0 Å². The average molecular weight is 660 g/mol. The van der Waals surface area contributed by atoms with Gasteiger partial charge < -0.3 is 0 Å². The van der Waals surface area contributed by atoms with Crippen LogP contribution in [0.2, 0.25) is 0 Å². The summed E-state index contributed by atoms with van der Waals surface area (Å²) in [5.74, 6) is 0. The third-order valence-electron chi connectivity index (χ3n) is 2.55. The molecule has 2 aromatic carbocycles. The molecule has 2 rings (SSSR count). The van der Waals surface area contributed by atoms with Crippen molar-refractivity contribution in [2.24, 2.45) is 0 Å². The summed E-state index contributed by atoms with van der Waals surface area (Å²) in [4.78, 5) is 0. The maximum Gasteiger partial charge on any atom is 0.0249 e. The quantitative estimate of drug-likeness (QED) is 0.311.